The summed E-state index contributed by atoms with van der Waals surface area (Å²) in [7, 11) is 0. The van der Waals surface area contributed by atoms with E-state index in [9.17, 15) is 37.8 Å². The number of ketones is 1. The van der Waals surface area contributed by atoms with Crippen LogP contribution in [0.4, 0.5) is 13.2 Å². The van der Waals surface area contributed by atoms with Crippen molar-refractivity contribution in [3.63, 3.8) is 0 Å². The van der Waals surface area contributed by atoms with Crippen molar-refractivity contribution in [1.82, 2.24) is 9.78 Å². The van der Waals surface area contributed by atoms with Crippen LogP contribution in [-0.2, 0) is 22.1 Å². The molecule has 1 fully saturated rings. The maximum Gasteiger partial charge on any atom is 0.435 e. The summed E-state index contributed by atoms with van der Waals surface area (Å²) >= 11 is 0. The number of carbonyl (C=O) groups is 3. The fourth-order valence-corrected chi connectivity index (χ4v) is 4.77. The number of hydrogen-bond acceptors (Lipinski definition) is 8. The summed E-state index contributed by atoms with van der Waals surface area (Å²) in [4.78, 5) is 35.6. The van der Waals surface area contributed by atoms with E-state index in [2.05, 4.69) is 5.10 Å². The Bertz CT molecular complexity index is 1230. The Morgan fingerprint density at radius 2 is 1.81 bits per heavy atom. The number of aromatic carboxylic acids is 1. The van der Waals surface area contributed by atoms with Gasteiger partial charge in [-0.3, -0.25) is 4.79 Å². The van der Waals surface area contributed by atoms with Crippen LogP contribution < -0.4 is 4.74 Å². The van der Waals surface area contributed by atoms with Crippen LogP contribution in [0.15, 0.2) is 18.2 Å². The highest BCUT2D eigenvalue weighted by Crippen LogP contribution is 2.40. The van der Waals surface area contributed by atoms with Crippen LogP contribution in [0.5, 0.6) is 5.75 Å². The van der Waals surface area contributed by atoms with E-state index in [1.165, 1.54) is 25.1 Å². The number of halogens is 3. The zero-order valence-electron chi connectivity index (χ0n) is 19.7. The first kappa shape index (κ1) is 26.6. The Hall–Kier alpha value is -3.45. The number of aliphatic hydroxyl groups is 2. The molecule has 1 saturated carbocycles. The molecule has 0 radical (unpaired) electrons. The number of carboxylic acids is 1. The van der Waals surface area contributed by atoms with Gasteiger partial charge in [-0.25, -0.2) is 14.3 Å². The largest absolute Gasteiger partial charge is 0.489 e. The number of benzene rings is 1. The van der Waals surface area contributed by atoms with Gasteiger partial charge in [0.15, 0.2) is 11.5 Å². The molecule has 2 aliphatic carbocycles. The Morgan fingerprint density at radius 3 is 2.41 bits per heavy atom. The van der Waals surface area contributed by atoms with E-state index in [-0.39, 0.29) is 29.1 Å². The summed E-state index contributed by atoms with van der Waals surface area (Å²) in [5.41, 5.74) is -3.89. The molecular weight excluding hydrogens is 501 g/mol. The normalized spacial score (nSPS) is 23.9. The molecular formula is C24H25F3N2O8. The number of rotatable bonds is 6. The number of aromatic nitrogens is 2. The summed E-state index contributed by atoms with van der Waals surface area (Å²) < 4.78 is 53.1. The topological polar surface area (TPSA) is 148 Å². The number of hydrogen-bond donors (Lipinski definition) is 3. The highest BCUT2D eigenvalue weighted by atomic mass is 19.4. The number of alkyl halides is 3. The average Bonchev–Trinajstić information content (AvgIpc) is 3.19. The second-order valence-electron chi connectivity index (χ2n) is 9.50. The number of ether oxygens (including phenoxy) is 2. The first-order valence-corrected chi connectivity index (χ1v) is 11.6. The van der Waals surface area contributed by atoms with Gasteiger partial charge in [0, 0.05) is 18.9 Å². The number of aliphatic hydroxyl groups excluding tert-OH is 1. The molecule has 0 spiro atoms. The average molecular weight is 526 g/mol. The van der Waals surface area contributed by atoms with Gasteiger partial charge >= 0.3 is 18.1 Å². The third kappa shape index (κ3) is 5.62. The van der Waals surface area contributed by atoms with Crippen molar-refractivity contribution in [2.75, 3.05) is 6.61 Å². The van der Waals surface area contributed by atoms with Crippen molar-refractivity contribution in [2.45, 2.75) is 69.4 Å². The number of fused-ring (bicyclic) bond motifs is 1. The lowest BCUT2D eigenvalue weighted by Gasteiger charge is -2.29. The van der Waals surface area contributed by atoms with Crippen molar-refractivity contribution in [2.24, 2.45) is 0 Å². The number of esters is 1. The lowest BCUT2D eigenvalue weighted by atomic mass is 9.83. The van der Waals surface area contributed by atoms with E-state index in [4.69, 9.17) is 14.6 Å². The van der Waals surface area contributed by atoms with Crippen molar-refractivity contribution >= 4 is 17.7 Å². The molecule has 13 heteroatoms. The summed E-state index contributed by atoms with van der Waals surface area (Å²) in [6.07, 6.45) is -4.93. The lowest BCUT2D eigenvalue weighted by molar-refractivity contribution is -0.154. The minimum absolute atomic E-state index is 0.0304. The number of carboxylic acid groups (broad SMARTS) is 1. The van der Waals surface area contributed by atoms with Crippen LogP contribution in [0.25, 0.3) is 5.69 Å². The van der Waals surface area contributed by atoms with Crippen LogP contribution in [0.1, 0.15) is 71.1 Å². The molecule has 0 amide bonds. The molecule has 3 N–H and O–H groups in total. The van der Waals surface area contributed by atoms with E-state index in [1.807, 2.05) is 0 Å². The van der Waals surface area contributed by atoms with Gasteiger partial charge in [-0.2, -0.15) is 18.3 Å². The van der Waals surface area contributed by atoms with Crippen LogP contribution >= 0.6 is 0 Å². The maximum atomic E-state index is 13.7. The van der Waals surface area contributed by atoms with Gasteiger partial charge < -0.3 is 24.8 Å². The molecule has 1 heterocycles. The van der Waals surface area contributed by atoms with Gasteiger partial charge in [-0.05, 0) is 44.7 Å². The van der Waals surface area contributed by atoms with Crippen LogP contribution in [0.2, 0.25) is 0 Å². The van der Waals surface area contributed by atoms with Crippen LogP contribution in [-0.4, -0.2) is 67.2 Å². The number of nitrogens with zero attached hydrogens (tertiary/aromatic N) is 2. The molecule has 0 aliphatic heterocycles. The molecule has 1 aromatic carbocycles. The molecule has 0 saturated heterocycles. The van der Waals surface area contributed by atoms with E-state index < -0.39 is 66.0 Å². The fourth-order valence-electron chi connectivity index (χ4n) is 4.77. The van der Waals surface area contributed by atoms with E-state index in [0.717, 1.165) is 4.68 Å². The fraction of sp³-hybridized carbons (Fsp3) is 0.500. The SMILES string of the molecule is CC1(O)CC(=O)c2c(C(F)(F)F)nn(-c3ccc(C(=O)O)c(OC4CCC(OC(=O)CO)CC4)c3)c2C1. The molecule has 4 rings (SSSR count). The summed E-state index contributed by atoms with van der Waals surface area (Å²) in [5.74, 6) is -3.05. The first-order chi connectivity index (χ1) is 17.3. The molecule has 37 heavy (non-hydrogen) atoms. The Morgan fingerprint density at radius 1 is 1.16 bits per heavy atom. The molecule has 1 aromatic heterocycles. The molecule has 2 aliphatic rings. The van der Waals surface area contributed by atoms with E-state index in [1.54, 1.807) is 0 Å². The monoisotopic (exact) mass is 526 g/mol. The van der Waals surface area contributed by atoms with Crippen molar-refractivity contribution in [1.29, 1.82) is 0 Å². The number of Topliss-reactive ketones (excluding diaryl/α,β-unsaturated/α-hetero) is 1. The number of carbonyl (C=O) groups excluding carboxylic acids is 2. The van der Waals surface area contributed by atoms with Crippen LogP contribution in [0.3, 0.4) is 0 Å². The second-order valence-corrected chi connectivity index (χ2v) is 9.50. The molecule has 0 bridgehead atoms. The Balaban J connectivity index is 1.68. The predicted molar refractivity (Wildman–Crippen MR) is 119 cm³/mol. The molecule has 200 valence electrons. The smallest absolute Gasteiger partial charge is 0.435 e. The molecule has 2 aromatic rings. The minimum Gasteiger partial charge on any atom is -0.489 e. The highest BCUT2D eigenvalue weighted by Gasteiger charge is 2.46. The van der Waals surface area contributed by atoms with E-state index in [0.29, 0.717) is 25.7 Å². The Kier molecular flexibility index (Phi) is 7.04. The molecule has 1 atom stereocenters. The summed E-state index contributed by atoms with van der Waals surface area (Å²) in [5, 5.41) is 32.6. The zero-order valence-corrected chi connectivity index (χ0v) is 19.7. The van der Waals surface area contributed by atoms with Gasteiger partial charge in [0.05, 0.1) is 28.6 Å². The molecule has 10 nitrogen and oxygen atoms in total. The van der Waals surface area contributed by atoms with Gasteiger partial charge in [-0.15, -0.1) is 0 Å². The molecule has 1 unspecified atom stereocenters. The minimum atomic E-state index is -4.92. The standard InChI is InChI=1S/C24H25F3N2O8/c1-23(35)9-16-20(17(31)10-23)21(24(25,26)27)28-29(16)12-2-7-15(22(33)34)18(8-12)36-13-3-5-14(6-4-13)37-19(32)11-30/h2,7-8,13-14,30,35H,3-6,9-11H2,1H3,(H,33,34). The highest BCUT2D eigenvalue weighted by molar-refractivity contribution is 6.00. The van der Waals surface area contributed by atoms with Gasteiger partial charge in [0.25, 0.3) is 0 Å². The van der Waals surface area contributed by atoms with Crippen molar-refractivity contribution in [3.8, 4) is 11.4 Å². The zero-order chi connectivity index (χ0) is 27.1. The quantitative estimate of drug-likeness (QED) is 0.483. The van der Waals surface area contributed by atoms with Gasteiger partial charge in [-0.1, -0.05) is 0 Å². The second kappa shape index (κ2) is 9.78. The van der Waals surface area contributed by atoms with Crippen molar-refractivity contribution < 1.29 is 52.3 Å². The van der Waals surface area contributed by atoms with Crippen molar-refractivity contribution in [3.05, 3.63) is 40.7 Å². The van der Waals surface area contributed by atoms with Crippen LogP contribution in [0, 0.1) is 0 Å². The van der Waals surface area contributed by atoms with E-state index >= 15 is 0 Å². The van der Waals surface area contributed by atoms with Gasteiger partial charge in [0.1, 0.15) is 24.0 Å². The third-order valence-electron chi connectivity index (χ3n) is 6.40. The summed E-state index contributed by atoms with van der Waals surface area (Å²) in [6, 6.07) is 3.66. The third-order valence-corrected chi connectivity index (χ3v) is 6.40. The predicted octanol–water partition coefficient (Wildman–Crippen LogP) is 2.69. The maximum absolute atomic E-state index is 13.7. The lowest BCUT2D eigenvalue weighted by Crippen LogP contribution is -2.36. The van der Waals surface area contributed by atoms with Gasteiger partial charge in [0.2, 0.25) is 0 Å². The Labute approximate surface area is 208 Å². The summed E-state index contributed by atoms with van der Waals surface area (Å²) in [6.45, 7) is 0.605. The first-order valence-electron chi connectivity index (χ1n) is 11.6.